The van der Waals surface area contributed by atoms with Crippen molar-refractivity contribution in [2.75, 3.05) is 0 Å². The minimum atomic E-state index is -2.06. The highest BCUT2D eigenvalue weighted by molar-refractivity contribution is 6.45. The van der Waals surface area contributed by atoms with Crippen molar-refractivity contribution >= 4 is 29.1 Å². The molecule has 1 aromatic rings. The Labute approximate surface area is 142 Å². The van der Waals surface area contributed by atoms with Gasteiger partial charge in [0.2, 0.25) is 5.78 Å². The van der Waals surface area contributed by atoms with Gasteiger partial charge < -0.3 is 19.7 Å². The summed E-state index contributed by atoms with van der Waals surface area (Å²) in [5.41, 5.74) is -3.30. The van der Waals surface area contributed by atoms with Crippen LogP contribution in [0.2, 0.25) is 0 Å². The number of hydrogen-bond donors (Lipinski definition) is 2. The fourth-order valence-electron chi connectivity index (χ4n) is 3.86. The van der Waals surface area contributed by atoms with Crippen molar-refractivity contribution in [2.45, 2.75) is 39.4 Å². The average molecular weight is 344 g/mol. The number of esters is 2. The zero-order chi connectivity index (χ0) is 18.5. The van der Waals surface area contributed by atoms with Gasteiger partial charge in [-0.25, -0.2) is 9.59 Å². The minimum absolute atomic E-state index is 0.00926. The SMILES string of the molecule is Cc1cc(O)c2c3c1=C1OC(C)C(C)(C)C1(O)C(=O)C=3C(=O)OC2=O. The number of phenols is 1. The normalized spacial score (nSPS) is 29.2. The fourth-order valence-corrected chi connectivity index (χ4v) is 3.86. The summed E-state index contributed by atoms with van der Waals surface area (Å²) in [6.07, 6.45) is -0.521. The molecule has 1 saturated heterocycles. The van der Waals surface area contributed by atoms with Crippen LogP contribution in [-0.4, -0.2) is 39.6 Å². The van der Waals surface area contributed by atoms with Crippen LogP contribution < -0.4 is 10.4 Å². The highest BCUT2D eigenvalue weighted by Crippen LogP contribution is 2.51. The Morgan fingerprint density at radius 3 is 2.40 bits per heavy atom. The molecule has 0 spiro atoms. The minimum Gasteiger partial charge on any atom is -0.507 e. The number of ether oxygens (including phenoxy) is 2. The monoisotopic (exact) mass is 344 g/mol. The summed E-state index contributed by atoms with van der Waals surface area (Å²) >= 11 is 0. The van der Waals surface area contributed by atoms with Crippen LogP contribution in [0.15, 0.2) is 6.07 Å². The molecule has 1 fully saturated rings. The van der Waals surface area contributed by atoms with Crippen molar-refractivity contribution < 1.29 is 34.1 Å². The lowest BCUT2D eigenvalue weighted by Crippen LogP contribution is -2.60. The number of rotatable bonds is 0. The summed E-state index contributed by atoms with van der Waals surface area (Å²) in [6, 6.07) is 1.32. The summed E-state index contributed by atoms with van der Waals surface area (Å²) in [5, 5.41) is 21.7. The van der Waals surface area contributed by atoms with E-state index in [4.69, 9.17) is 4.74 Å². The van der Waals surface area contributed by atoms with Crippen molar-refractivity contribution in [3.63, 3.8) is 0 Å². The zero-order valence-electron chi connectivity index (χ0n) is 14.1. The second kappa shape index (κ2) is 4.29. The van der Waals surface area contributed by atoms with E-state index in [-0.39, 0.29) is 21.8 Å². The number of carbonyl (C=O) groups is 3. The number of ketones is 1. The van der Waals surface area contributed by atoms with Crippen LogP contribution in [0.1, 0.15) is 36.7 Å². The number of Topliss-reactive ketones (excluding diaryl/α,β-unsaturated/α-hetero) is 1. The molecule has 1 aromatic carbocycles. The largest absolute Gasteiger partial charge is 0.507 e. The lowest BCUT2D eigenvalue weighted by atomic mass is 9.66. The van der Waals surface area contributed by atoms with Gasteiger partial charge in [0, 0.05) is 15.9 Å². The van der Waals surface area contributed by atoms with Crippen LogP contribution in [0.3, 0.4) is 0 Å². The second-order valence-corrected chi connectivity index (χ2v) is 7.24. The molecule has 0 amide bonds. The number of hydrogen-bond acceptors (Lipinski definition) is 7. The lowest BCUT2D eigenvalue weighted by Gasteiger charge is -2.36. The molecule has 2 unspecified atom stereocenters. The van der Waals surface area contributed by atoms with Gasteiger partial charge in [-0.05, 0) is 25.5 Å². The molecule has 2 heterocycles. The van der Waals surface area contributed by atoms with E-state index in [2.05, 4.69) is 4.74 Å². The number of aromatic hydroxyl groups is 1. The molecule has 2 N–H and O–H groups in total. The first-order valence-electron chi connectivity index (χ1n) is 7.85. The Morgan fingerprint density at radius 1 is 1.12 bits per heavy atom. The molecular weight excluding hydrogens is 328 g/mol. The van der Waals surface area contributed by atoms with Gasteiger partial charge in [0.05, 0.1) is 0 Å². The third kappa shape index (κ3) is 1.52. The van der Waals surface area contributed by atoms with Crippen LogP contribution in [0.25, 0.3) is 11.3 Å². The first-order valence-corrected chi connectivity index (χ1v) is 7.85. The van der Waals surface area contributed by atoms with E-state index in [1.165, 1.54) is 6.07 Å². The van der Waals surface area contributed by atoms with Crippen LogP contribution in [0.4, 0.5) is 0 Å². The standard InChI is InChI=1S/C18H16O7/c1-6-5-8(19)10-11-9(6)14-18(23,17(3,4)7(2)24-14)13(20)12(11)16(22)25-15(10)21/h5,7,19,23H,1-4H3. The van der Waals surface area contributed by atoms with E-state index in [1.807, 2.05) is 0 Å². The van der Waals surface area contributed by atoms with E-state index in [1.54, 1.807) is 27.7 Å². The van der Waals surface area contributed by atoms with E-state index in [0.29, 0.717) is 5.56 Å². The van der Waals surface area contributed by atoms with Crippen LogP contribution in [0.5, 0.6) is 5.75 Å². The zero-order valence-corrected chi connectivity index (χ0v) is 14.1. The number of carbonyl (C=O) groups excluding carboxylic acids is 3. The molecule has 0 bridgehead atoms. The Bertz CT molecular complexity index is 1030. The highest BCUT2D eigenvalue weighted by Gasteiger charge is 2.65. The number of benzene rings is 1. The van der Waals surface area contributed by atoms with E-state index < -0.39 is 46.2 Å². The third-order valence-electron chi connectivity index (χ3n) is 5.70. The van der Waals surface area contributed by atoms with Gasteiger partial charge >= 0.3 is 11.9 Å². The van der Waals surface area contributed by atoms with Gasteiger partial charge in [-0.2, -0.15) is 0 Å². The van der Waals surface area contributed by atoms with Crippen molar-refractivity contribution in [3.05, 3.63) is 27.6 Å². The van der Waals surface area contributed by atoms with Crippen LogP contribution >= 0.6 is 0 Å². The molecule has 1 aliphatic carbocycles. The number of aryl methyl sites for hydroxylation is 1. The maximum absolute atomic E-state index is 13.1. The predicted molar refractivity (Wildman–Crippen MR) is 83.6 cm³/mol. The number of fused-ring (bicyclic) bond motifs is 1. The Morgan fingerprint density at radius 2 is 1.76 bits per heavy atom. The van der Waals surface area contributed by atoms with Gasteiger partial charge in [-0.15, -0.1) is 0 Å². The molecule has 25 heavy (non-hydrogen) atoms. The topological polar surface area (TPSA) is 110 Å². The molecule has 2 aliphatic heterocycles. The summed E-state index contributed by atoms with van der Waals surface area (Å²) < 4.78 is 10.5. The highest BCUT2D eigenvalue weighted by atomic mass is 16.6. The molecule has 7 nitrogen and oxygen atoms in total. The molecular formula is C18H16O7. The van der Waals surface area contributed by atoms with Crippen molar-refractivity contribution in [2.24, 2.45) is 5.41 Å². The second-order valence-electron chi connectivity index (χ2n) is 7.24. The summed E-state index contributed by atoms with van der Waals surface area (Å²) in [5.74, 6) is -3.43. The number of phenolic OH excluding ortho intramolecular Hbond substituents is 1. The molecule has 4 rings (SSSR count). The molecule has 7 heteroatoms. The molecule has 0 saturated carbocycles. The average Bonchev–Trinajstić information content (AvgIpc) is 2.67. The maximum atomic E-state index is 13.1. The first-order chi connectivity index (χ1) is 11.5. The van der Waals surface area contributed by atoms with Gasteiger partial charge in [0.1, 0.15) is 28.7 Å². The lowest BCUT2D eigenvalue weighted by molar-refractivity contribution is -0.139. The van der Waals surface area contributed by atoms with Crippen LogP contribution in [-0.2, 0) is 19.1 Å². The van der Waals surface area contributed by atoms with Crippen molar-refractivity contribution in [1.82, 2.24) is 0 Å². The smallest absolute Gasteiger partial charge is 0.350 e. The van der Waals surface area contributed by atoms with Crippen molar-refractivity contribution in [3.8, 4) is 5.75 Å². The number of cyclic esters (lactones) is 2. The fraction of sp³-hybridized carbons (Fsp3) is 0.389. The van der Waals surface area contributed by atoms with E-state index in [9.17, 15) is 24.6 Å². The first kappa shape index (κ1) is 15.8. The Kier molecular flexibility index (Phi) is 2.72. The third-order valence-corrected chi connectivity index (χ3v) is 5.70. The van der Waals surface area contributed by atoms with Gasteiger partial charge in [0.25, 0.3) is 0 Å². The number of aliphatic hydroxyl groups is 1. The Balaban J connectivity index is 2.34. The molecule has 0 radical (unpaired) electrons. The maximum Gasteiger partial charge on any atom is 0.350 e. The van der Waals surface area contributed by atoms with E-state index >= 15 is 0 Å². The van der Waals surface area contributed by atoms with Crippen molar-refractivity contribution in [1.29, 1.82) is 0 Å². The van der Waals surface area contributed by atoms with Crippen LogP contribution in [0, 0.1) is 12.3 Å². The Hall–Kier alpha value is -2.67. The quantitative estimate of drug-likeness (QED) is 0.478. The van der Waals surface area contributed by atoms with E-state index in [0.717, 1.165) is 0 Å². The molecule has 2 atom stereocenters. The summed E-state index contributed by atoms with van der Waals surface area (Å²) in [6.45, 7) is 6.70. The van der Waals surface area contributed by atoms with Gasteiger partial charge in [0.15, 0.2) is 5.60 Å². The van der Waals surface area contributed by atoms with Gasteiger partial charge in [-0.3, -0.25) is 4.79 Å². The molecule has 3 aliphatic rings. The van der Waals surface area contributed by atoms with Gasteiger partial charge in [-0.1, -0.05) is 13.8 Å². The molecule has 130 valence electrons. The molecule has 0 aromatic heterocycles. The summed E-state index contributed by atoms with van der Waals surface area (Å²) in [7, 11) is 0. The predicted octanol–water partition coefficient (Wildman–Crippen LogP) is -0.585. The summed E-state index contributed by atoms with van der Waals surface area (Å²) in [4.78, 5) is 37.5.